The van der Waals surface area contributed by atoms with E-state index in [1.807, 2.05) is 28.8 Å². The molecule has 1 aromatic carbocycles. The number of anilines is 2. The van der Waals surface area contributed by atoms with Gasteiger partial charge in [0.05, 0.1) is 20.3 Å². The summed E-state index contributed by atoms with van der Waals surface area (Å²) >= 11 is 0. The number of nitrogens with zero attached hydrogens (tertiary/aromatic N) is 5. The highest BCUT2D eigenvalue weighted by Gasteiger charge is 2.27. The molecule has 0 N–H and O–H groups in total. The first-order chi connectivity index (χ1) is 13.6. The largest absolute Gasteiger partial charge is 0.497 e. The van der Waals surface area contributed by atoms with Gasteiger partial charge in [0.1, 0.15) is 5.75 Å². The molecule has 0 saturated heterocycles. The summed E-state index contributed by atoms with van der Waals surface area (Å²) in [6.07, 6.45) is 0.857. The minimum atomic E-state index is -0.391. The first-order valence-electron chi connectivity index (χ1n) is 9.17. The Hall–Kier alpha value is -3.07. The first-order valence-corrected chi connectivity index (χ1v) is 9.17. The lowest BCUT2D eigenvalue weighted by atomic mass is 10.2. The number of hydrogen-bond donors (Lipinski definition) is 0. The molecule has 0 saturated carbocycles. The molecule has 3 heterocycles. The Bertz CT molecular complexity index is 1140. The first kappa shape index (κ1) is 18.3. The molecule has 0 amide bonds. The van der Waals surface area contributed by atoms with E-state index in [2.05, 4.69) is 9.88 Å². The maximum absolute atomic E-state index is 13.1. The average Bonchev–Trinajstić information content (AvgIpc) is 3.12. The smallest absolute Gasteiger partial charge is 0.332 e. The topological polar surface area (TPSA) is 83.5 Å². The second kappa shape index (κ2) is 7.16. The molecule has 0 spiro atoms. The van der Waals surface area contributed by atoms with Crippen LogP contribution in [0.2, 0.25) is 0 Å². The van der Waals surface area contributed by atoms with E-state index in [1.54, 1.807) is 21.3 Å². The molecular weight excluding hydrogens is 362 g/mol. The summed E-state index contributed by atoms with van der Waals surface area (Å²) in [4.78, 5) is 32.5. The third-order valence-electron chi connectivity index (χ3n) is 5.10. The third kappa shape index (κ3) is 2.78. The summed E-state index contributed by atoms with van der Waals surface area (Å²) < 4.78 is 14.9. The molecule has 28 heavy (non-hydrogen) atoms. The van der Waals surface area contributed by atoms with Crippen LogP contribution in [-0.2, 0) is 24.9 Å². The zero-order chi connectivity index (χ0) is 19.8. The lowest BCUT2D eigenvalue weighted by Crippen LogP contribution is -2.40. The summed E-state index contributed by atoms with van der Waals surface area (Å²) in [5.74, 6) is 1.41. The molecule has 0 fully saturated rings. The normalized spacial score (nSPS) is 13.8. The van der Waals surface area contributed by atoms with E-state index in [1.165, 1.54) is 9.13 Å². The molecule has 9 nitrogen and oxygen atoms in total. The number of rotatable bonds is 5. The Morgan fingerprint density at radius 3 is 2.75 bits per heavy atom. The molecule has 0 bridgehead atoms. The van der Waals surface area contributed by atoms with Crippen molar-refractivity contribution in [2.24, 2.45) is 7.05 Å². The van der Waals surface area contributed by atoms with Crippen LogP contribution >= 0.6 is 0 Å². The van der Waals surface area contributed by atoms with Gasteiger partial charge >= 0.3 is 5.69 Å². The van der Waals surface area contributed by atoms with Gasteiger partial charge in [0.25, 0.3) is 5.56 Å². The number of benzene rings is 1. The number of aromatic nitrogens is 4. The summed E-state index contributed by atoms with van der Waals surface area (Å²) in [7, 11) is 4.81. The molecule has 4 rings (SSSR count). The summed E-state index contributed by atoms with van der Waals surface area (Å²) in [6, 6.07) is 7.72. The number of ether oxygens (including phenoxy) is 2. The molecule has 0 radical (unpaired) electrons. The van der Waals surface area contributed by atoms with Crippen LogP contribution in [0.4, 0.5) is 11.6 Å². The monoisotopic (exact) mass is 385 g/mol. The van der Waals surface area contributed by atoms with Gasteiger partial charge in [-0.25, -0.2) is 4.79 Å². The zero-order valence-corrected chi connectivity index (χ0v) is 16.2. The number of aryl methyl sites for hydroxylation is 2. The second-order valence-corrected chi connectivity index (χ2v) is 6.73. The number of hydrogen-bond acceptors (Lipinski definition) is 6. The average molecular weight is 385 g/mol. The third-order valence-corrected chi connectivity index (χ3v) is 5.10. The van der Waals surface area contributed by atoms with E-state index in [0.717, 1.165) is 24.4 Å². The van der Waals surface area contributed by atoms with Crippen molar-refractivity contribution in [3.05, 3.63) is 45.1 Å². The van der Waals surface area contributed by atoms with E-state index >= 15 is 0 Å². The number of methoxy groups -OCH3 is 2. The van der Waals surface area contributed by atoms with Crippen molar-refractivity contribution in [1.29, 1.82) is 0 Å². The molecule has 1 aliphatic heterocycles. The van der Waals surface area contributed by atoms with Gasteiger partial charge in [0.2, 0.25) is 5.95 Å². The highest BCUT2D eigenvalue weighted by Crippen LogP contribution is 2.32. The standard InChI is InChI=1S/C19H23N5O4/c1-21-16-15(17(25)24(19(21)26)10-11-27-2)23-9-5-8-22(18(23)20-16)13-6-4-7-14(12-13)28-3/h4,6-7,12H,5,8-11H2,1-3H3. The molecule has 1 aliphatic rings. The lowest BCUT2D eigenvalue weighted by molar-refractivity contribution is 0.184. The Balaban J connectivity index is 1.93. The maximum Gasteiger partial charge on any atom is 0.332 e. The van der Waals surface area contributed by atoms with Crippen molar-refractivity contribution in [3.8, 4) is 5.75 Å². The minimum Gasteiger partial charge on any atom is -0.497 e. The molecule has 9 heteroatoms. The van der Waals surface area contributed by atoms with Crippen molar-refractivity contribution in [2.75, 3.05) is 32.3 Å². The van der Waals surface area contributed by atoms with Crippen LogP contribution in [0, 0.1) is 0 Å². The van der Waals surface area contributed by atoms with Gasteiger partial charge in [-0.2, -0.15) is 4.98 Å². The molecule has 2 aromatic heterocycles. The molecule has 0 atom stereocenters. The highest BCUT2D eigenvalue weighted by molar-refractivity contribution is 5.77. The van der Waals surface area contributed by atoms with E-state index in [9.17, 15) is 9.59 Å². The quantitative estimate of drug-likeness (QED) is 0.654. The Kier molecular flexibility index (Phi) is 4.68. The van der Waals surface area contributed by atoms with Crippen molar-refractivity contribution >= 4 is 22.8 Å². The van der Waals surface area contributed by atoms with Crippen LogP contribution in [0.15, 0.2) is 33.9 Å². The predicted molar refractivity (Wildman–Crippen MR) is 106 cm³/mol. The molecule has 148 valence electrons. The number of imidazole rings is 1. The van der Waals surface area contributed by atoms with E-state index in [4.69, 9.17) is 9.47 Å². The van der Waals surface area contributed by atoms with Crippen LogP contribution in [0.5, 0.6) is 5.75 Å². The van der Waals surface area contributed by atoms with Crippen molar-refractivity contribution < 1.29 is 9.47 Å². The summed E-state index contributed by atoms with van der Waals surface area (Å²) in [5, 5.41) is 0. The lowest BCUT2D eigenvalue weighted by Gasteiger charge is -2.29. The van der Waals surface area contributed by atoms with Gasteiger partial charge in [-0.15, -0.1) is 0 Å². The SMILES string of the molecule is COCCn1c(=O)c2c(nc3n2CCCN3c2cccc(OC)c2)n(C)c1=O. The summed E-state index contributed by atoms with van der Waals surface area (Å²) in [6.45, 7) is 1.93. The number of fused-ring (bicyclic) bond motifs is 3. The van der Waals surface area contributed by atoms with Crippen LogP contribution in [0.3, 0.4) is 0 Å². The molecular formula is C19H23N5O4. The van der Waals surface area contributed by atoms with E-state index in [-0.39, 0.29) is 18.7 Å². The van der Waals surface area contributed by atoms with Crippen LogP contribution in [0.1, 0.15) is 6.42 Å². The van der Waals surface area contributed by atoms with Gasteiger partial charge in [-0.1, -0.05) is 6.07 Å². The van der Waals surface area contributed by atoms with Gasteiger partial charge in [-0.05, 0) is 18.6 Å². The molecule has 0 aliphatic carbocycles. The van der Waals surface area contributed by atoms with Gasteiger partial charge in [0, 0.05) is 39.0 Å². The molecule has 3 aromatic rings. The van der Waals surface area contributed by atoms with Crippen LogP contribution in [0.25, 0.3) is 11.2 Å². The maximum atomic E-state index is 13.1. The zero-order valence-electron chi connectivity index (χ0n) is 16.2. The van der Waals surface area contributed by atoms with E-state index in [0.29, 0.717) is 23.7 Å². The van der Waals surface area contributed by atoms with Crippen LogP contribution in [-0.4, -0.2) is 46.1 Å². The van der Waals surface area contributed by atoms with Crippen molar-refractivity contribution in [3.63, 3.8) is 0 Å². The van der Waals surface area contributed by atoms with Crippen molar-refractivity contribution in [1.82, 2.24) is 18.7 Å². The fourth-order valence-electron chi connectivity index (χ4n) is 3.67. The van der Waals surface area contributed by atoms with Gasteiger partial charge in [-0.3, -0.25) is 13.9 Å². The fraction of sp³-hybridized carbons (Fsp3) is 0.421. The van der Waals surface area contributed by atoms with Crippen LogP contribution < -0.4 is 20.9 Å². The predicted octanol–water partition coefficient (Wildman–Crippen LogP) is 1.09. The Labute approximate surface area is 161 Å². The fourth-order valence-corrected chi connectivity index (χ4v) is 3.67. The van der Waals surface area contributed by atoms with E-state index < -0.39 is 5.69 Å². The van der Waals surface area contributed by atoms with Gasteiger partial charge in [0.15, 0.2) is 11.2 Å². The highest BCUT2D eigenvalue weighted by atomic mass is 16.5. The Morgan fingerprint density at radius 1 is 1.18 bits per heavy atom. The summed E-state index contributed by atoms with van der Waals surface area (Å²) in [5.41, 5.74) is 1.05. The second-order valence-electron chi connectivity index (χ2n) is 6.73. The van der Waals surface area contributed by atoms with Crippen molar-refractivity contribution in [2.45, 2.75) is 19.5 Å². The Morgan fingerprint density at radius 2 is 2.00 bits per heavy atom. The van der Waals surface area contributed by atoms with Gasteiger partial charge < -0.3 is 18.9 Å². The molecule has 0 unspecified atom stereocenters. The minimum absolute atomic E-state index is 0.206.